The predicted octanol–water partition coefficient (Wildman–Crippen LogP) is 3.36. The first-order valence-electron chi connectivity index (χ1n) is 7.28. The Morgan fingerprint density at radius 3 is 2.12 bits per heavy atom. The van der Waals surface area contributed by atoms with E-state index in [9.17, 15) is 9.36 Å². The van der Waals surface area contributed by atoms with Crippen molar-refractivity contribution in [3.8, 4) is 0 Å². The molecule has 0 bridgehead atoms. The number of benzene rings is 2. The number of fused-ring (bicyclic) bond motifs is 2. The Labute approximate surface area is 143 Å². The van der Waals surface area contributed by atoms with E-state index in [1.54, 1.807) is 11.8 Å². The van der Waals surface area contributed by atoms with Gasteiger partial charge >= 0.3 is 13.6 Å². The molecule has 3 rings (SSSR count). The minimum atomic E-state index is -4.34. The molecule has 2 aromatic rings. The Balaban J connectivity index is 1.76. The van der Waals surface area contributed by atoms with Gasteiger partial charge in [0.05, 0.1) is 17.8 Å². The molecule has 0 aromatic heterocycles. The van der Waals surface area contributed by atoms with Gasteiger partial charge in [0, 0.05) is 16.3 Å². The van der Waals surface area contributed by atoms with Crippen molar-refractivity contribution in [3.63, 3.8) is 0 Å². The first-order chi connectivity index (χ1) is 11.4. The standard InChI is InChI=1S/C16H16NO5PS/c18-16(22-11-23(19,20)21)9-10-17-12-5-1-3-7-14(12)24-15-8-4-2-6-13(15)17/h1-8H,9-11H2,(H2,19,20,21). The number of carbonyl (C=O) groups excluding carboxylic acids is 1. The Kier molecular flexibility index (Phi) is 4.96. The van der Waals surface area contributed by atoms with Gasteiger partial charge in [0.1, 0.15) is 0 Å². The topological polar surface area (TPSA) is 87.1 Å². The second-order valence-corrected chi connectivity index (χ2v) is 7.92. The van der Waals surface area contributed by atoms with Gasteiger partial charge in [0.25, 0.3) is 0 Å². The number of carbonyl (C=O) groups is 1. The zero-order valence-electron chi connectivity index (χ0n) is 12.7. The number of hydrogen-bond donors (Lipinski definition) is 2. The first kappa shape index (κ1) is 17.0. The summed E-state index contributed by atoms with van der Waals surface area (Å²) in [6.07, 6.45) is -0.845. The van der Waals surface area contributed by atoms with E-state index in [1.807, 2.05) is 53.4 Å². The molecule has 0 amide bonds. The van der Waals surface area contributed by atoms with E-state index in [1.165, 1.54) is 0 Å². The zero-order valence-corrected chi connectivity index (χ0v) is 14.4. The summed E-state index contributed by atoms with van der Waals surface area (Å²) in [6, 6.07) is 15.8. The van der Waals surface area contributed by atoms with Crippen LogP contribution in [0.25, 0.3) is 0 Å². The van der Waals surface area contributed by atoms with E-state index < -0.39 is 19.9 Å². The maximum Gasteiger partial charge on any atom is 0.362 e. The van der Waals surface area contributed by atoms with Gasteiger partial charge in [0.2, 0.25) is 0 Å². The highest BCUT2D eigenvalue weighted by Crippen LogP contribution is 2.47. The van der Waals surface area contributed by atoms with Gasteiger partial charge in [-0.1, -0.05) is 36.0 Å². The molecule has 2 N–H and O–H groups in total. The second-order valence-electron chi connectivity index (χ2n) is 5.25. The third-order valence-electron chi connectivity index (χ3n) is 3.47. The van der Waals surface area contributed by atoms with Gasteiger partial charge in [-0.2, -0.15) is 0 Å². The zero-order chi connectivity index (χ0) is 17.2. The van der Waals surface area contributed by atoms with Gasteiger partial charge < -0.3 is 19.4 Å². The summed E-state index contributed by atoms with van der Waals surface area (Å²) in [6.45, 7) is 0.370. The maximum atomic E-state index is 11.8. The summed E-state index contributed by atoms with van der Waals surface area (Å²) in [7, 11) is -4.34. The summed E-state index contributed by atoms with van der Waals surface area (Å²) in [5.74, 6) is -0.633. The smallest absolute Gasteiger partial charge is 0.362 e. The summed E-state index contributed by atoms with van der Waals surface area (Å²) in [4.78, 5) is 33.5. The lowest BCUT2D eigenvalue weighted by Gasteiger charge is -2.32. The average molecular weight is 365 g/mol. The second kappa shape index (κ2) is 6.99. The maximum absolute atomic E-state index is 11.8. The van der Waals surface area contributed by atoms with Gasteiger partial charge in [-0.3, -0.25) is 9.36 Å². The molecule has 0 saturated carbocycles. The fraction of sp³-hybridized carbons (Fsp3) is 0.188. The lowest BCUT2D eigenvalue weighted by molar-refractivity contribution is -0.141. The van der Waals surface area contributed by atoms with E-state index in [2.05, 4.69) is 4.74 Å². The van der Waals surface area contributed by atoms with Crippen LogP contribution in [0.5, 0.6) is 0 Å². The minimum Gasteiger partial charge on any atom is -0.453 e. The van der Waals surface area contributed by atoms with E-state index in [0.29, 0.717) is 6.54 Å². The van der Waals surface area contributed by atoms with Gasteiger partial charge in [0.15, 0.2) is 6.35 Å². The van der Waals surface area contributed by atoms with Crippen LogP contribution in [-0.4, -0.2) is 28.6 Å². The molecule has 0 unspecified atom stereocenters. The number of para-hydroxylation sites is 2. The molecule has 0 fully saturated rings. The number of ether oxygens (including phenoxy) is 1. The van der Waals surface area contributed by atoms with Crippen LogP contribution >= 0.6 is 19.4 Å². The van der Waals surface area contributed by atoms with Crippen LogP contribution in [0.15, 0.2) is 58.3 Å². The van der Waals surface area contributed by atoms with Crippen LogP contribution in [0.1, 0.15) is 6.42 Å². The molecular formula is C16H16NO5PS. The summed E-state index contributed by atoms with van der Waals surface area (Å²) in [5, 5.41) is 0. The quantitative estimate of drug-likeness (QED) is 0.620. The van der Waals surface area contributed by atoms with Crippen LogP contribution in [0.4, 0.5) is 11.4 Å². The van der Waals surface area contributed by atoms with Crippen LogP contribution in [0.3, 0.4) is 0 Å². The molecule has 0 aliphatic carbocycles. The van der Waals surface area contributed by atoms with Crippen molar-refractivity contribution >= 4 is 36.7 Å². The molecule has 1 aliphatic heterocycles. The minimum absolute atomic E-state index is 0.0351. The van der Waals surface area contributed by atoms with Crippen molar-refractivity contribution in [1.29, 1.82) is 0 Å². The van der Waals surface area contributed by atoms with Crippen molar-refractivity contribution in [2.24, 2.45) is 0 Å². The number of hydrogen-bond acceptors (Lipinski definition) is 5. The highest BCUT2D eigenvalue weighted by Gasteiger charge is 2.24. The van der Waals surface area contributed by atoms with E-state index in [4.69, 9.17) is 9.79 Å². The van der Waals surface area contributed by atoms with Crippen molar-refractivity contribution < 1.29 is 23.9 Å². The fourth-order valence-corrected chi connectivity index (χ4v) is 3.86. The summed E-state index contributed by atoms with van der Waals surface area (Å²) < 4.78 is 15.4. The number of anilines is 2. The molecule has 0 radical (unpaired) electrons. The molecular weight excluding hydrogens is 349 g/mol. The molecule has 126 valence electrons. The number of esters is 1. The van der Waals surface area contributed by atoms with E-state index >= 15 is 0 Å². The van der Waals surface area contributed by atoms with Crippen molar-refractivity contribution in [2.45, 2.75) is 16.2 Å². The van der Waals surface area contributed by atoms with Crippen LogP contribution < -0.4 is 4.90 Å². The van der Waals surface area contributed by atoms with Crippen LogP contribution in [0, 0.1) is 0 Å². The van der Waals surface area contributed by atoms with Crippen LogP contribution in [0.2, 0.25) is 0 Å². The predicted molar refractivity (Wildman–Crippen MR) is 91.6 cm³/mol. The van der Waals surface area contributed by atoms with Crippen molar-refractivity contribution in [1.82, 2.24) is 0 Å². The number of rotatable bonds is 5. The van der Waals surface area contributed by atoms with Gasteiger partial charge in [-0.05, 0) is 24.3 Å². The average Bonchev–Trinajstić information content (AvgIpc) is 2.56. The Morgan fingerprint density at radius 1 is 1.04 bits per heavy atom. The largest absolute Gasteiger partial charge is 0.453 e. The third-order valence-corrected chi connectivity index (χ3v) is 5.06. The first-order valence-corrected chi connectivity index (χ1v) is 9.89. The molecule has 8 heteroatoms. The summed E-state index contributed by atoms with van der Waals surface area (Å²) >= 11 is 1.67. The monoisotopic (exact) mass is 365 g/mol. The number of nitrogens with zero attached hydrogens (tertiary/aromatic N) is 1. The van der Waals surface area contributed by atoms with Crippen molar-refractivity contribution in [2.75, 3.05) is 17.8 Å². The Morgan fingerprint density at radius 2 is 1.58 bits per heavy atom. The van der Waals surface area contributed by atoms with Gasteiger partial charge in [-0.25, -0.2) is 0 Å². The van der Waals surface area contributed by atoms with E-state index in [0.717, 1.165) is 21.2 Å². The molecule has 0 spiro atoms. The van der Waals surface area contributed by atoms with Crippen molar-refractivity contribution in [3.05, 3.63) is 48.5 Å². The molecule has 1 aliphatic rings. The van der Waals surface area contributed by atoms with Crippen LogP contribution in [-0.2, 0) is 14.1 Å². The molecule has 24 heavy (non-hydrogen) atoms. The lowest BCUT2D eigenvalue weighted by Crippen LogP contribution is -2.24. The van der Waals surface area contributed by atoms with Gasteiger partial charge in [-0.15, -0.1) is 0 Å². The molecule has 2 aromatic carbocycles. The van der Waals surface area contributed by atoms with E-state index in [-0.39, 0.29) is 6.42 Å². The Hall–Kier alpha value is -1.79. The normalized spacial score (nSPS) is 13.2. The third kappa shape index (κ3) is 3.99. The fourth-order valence-electron chi connectivity index (χ4n) is 2.45. The lowest BCUT2D eigenvalue weighted by atomic mass is 10.2. The summed E-state index contributed by atoms with van der Waals surface area (Å²) in [5.41, 5.74) is 2.01. The SMILES string of the molecule is O=C(CCN1c2ccccc2Sc2ccccc21)OCP(=O)(O)O. The molecule has 6 nitrogen and oxygen atoms in total. The highest BCUT2D eigenvalue weighted by atomic mass is 32.2. The Bertz CT molecular complexity index is 761. The highest BCUT2D eigenvalue weighted by molar-refractivity contribution is 7.99. The molecule has 0 atom stereocenters. The molecule has 1 heterocycles. The molecule has 0 saturated heterocycles.